The van der Waals surface area contributed by atoms with E-state index in [-0.39, 0.29) is 0 Å². The highest BCUT2D eigenvalue weighted by atomic mass is 35.5. The molecule has 0 saturated carbocycles. The van der Waals surface area contributed by atoms with Gasteiger partial charge < -0.3 is 5.32 Å². The van der Waals surface area contributed by atoms with Gasteiger partial charge in [0, 0.05) is 28.7 Å². The van der Waals surface area contributed by atoms with Gasteiger partial charge in [0.1, 0.15) is 0 Å². The van der Waals surface area contributed by atoms with Gasteiger partial charge in [-0.25, -0.2) is 0 Å². The average Bonchev–Trinajstić information content (AvgIpc) is 2.90. The van der Waals surface area contributed by atoms with Crippen LogP contribution in [0.25, 0.3) is 11.1 Å². The Balaban J connectivity index is 1.93. The number of rotatable bonds is 2. The predicted octanol–water partition coefficient (Wildman–Crippen LogP) is 3.20. The maximum absolute atomic E-state index is 5.93. The number of halogens is 1. The van der Waals surface area contributed by atoms with E-state index in [0.29, 0.717) is 5.92 Å². The van der Waals surface area contributed by atoms with Gasteiger partial charge in [0.2, 0.25) is 0 Å². The minimum Gasteiger partial charge on any atom is -0.316 e. The minimum atomic E-state index is 0.534. The van der Waals surface area contributed by atoms with E-state index in [1.807, 2.05) is 30.5 Å². The fourth-order valence-electron chi connectivity index (χ4n) is 2.57. The molecule has 3 nitrogen and oxygen atoms in total. The lowest BCUT2D eigenvalue weighted by Crippen LogP contribution is -2.28. The molecule has 0 bridgehead atoms. The second-order valence-corrected chi connectivity index (χ2v) is 5.18. The lowest BCUT2D eigenvalue weighted by Gasteiger charge is -2.22. The Morgan fingerprint density at radius 1 is 1.22 bits per heavy atom. The van der Waals surface area contributed by atoms with Gasteiger partial charge in [-0.15, -0.1) is 0 Å². The van der Waals surface area contributed by atoms with E-state index in [9.17, 15) is 0 Å². The highest BCUT2D eigenvalue weighted by Gasteiger charge is 2.20. The molecule has 4 heteroatoms. The van der Waals surface area contributed by atoms with Crippen molar-refractivity contribution in [2.45, 2.75) is 18.8 Å². The Hall–Kier alpha value is -1.32. The first kappa shape index (κ1) is 11.8. The van der Waals surface area contributed by atoms with Crippen LogP contribution in [-0.2, 0) is 0 Å². The Labute approximate surface area is 112 Å². The van der Waals surface area contributed by atoms with Crippen LogP contribution in [0.5, 0.6) is 0 Å². The third-order valence-electron chi connectivity index (χ3n) is 3.53. The summed E-state index contributed by atoms with van der Waals surface area (Å²) < 4.78 is 0. The smallest absolute Gasteiger partial charge is 0.0568 e. The van der Waals surface area contributed by atoms with Crippen LogP contribution in [0, 0.1) is 0 Å². The molecule has 2 heterocycles. The van der Waals surface area contributed by atoms with E-state index >= 15 is 0 Å². The number of piperidine rings is 1. The first-order valence-electron chi connectivity index (χ1n) is 6.34. The van der Waals surface area contributed by atoms with Crippen LogP contribution in [0.1, 0.15) is 24.5 Å². The van der Waals surface area contributed by atoms with Gasteiger partial charge in [-0.2, -0.15) is 5.10 Å². The van der Waals surface area contributed by atoms with Gasteiger partial charge >= 0.3 is 0 Å². The zero-order chi connectivity index (χ0) is 12.4. The third kappa shape index (κ3) is 2.28. The molecule has 0 aliphatic carbocycles. The van der Waals surface area contributed by atoms with E-state index in [1.54, 1.807) is 0 Å². The van der Waals surface area contributed by atoms with Crippen LogP contribution in [0.2, 0.25) is 5.02 Å². The summed E-state index contributed by atoms with van der Waals surface area (Å²) in [6.07, 6.45) is 4.35. The van der Waals surface area contributed by atoms with Gasteiger partial charge in [-0.05, 0) is 37.1 Å². The van der Waals surface area contributed by atoms with Crippen molar-refractivity contribution in [2.75, 3.05) is 13.1 Å². The number of nitrogens with zero attached hydrogens (tertiary/aromatic N) is 1. The molecule has 1 aromatic carbocycles. The van der Waals surface area contributed by atoms with Crippen LogP contribution in [0.4, 0.5) is 0 Å². The Morgan fingerprint density at radius 3 is 2.78 bits per heavy atom. The maximum atomic E-state index is 5.93. The second-order valence-electron chi connectivity index (χ2n) is 4.75. The summed E-state index contributed by atoms with van der Waals surface area (Å²) in [5.41, 5.74) is 3.61. The summed E-state index contributed by atoms with van der Waals surface area (Å²) in [7, 11) is 0. The van der Waals surface area contributed by atoms with Crippen molar-refractivity contribution in [3.8, 4) is 11.1 Å². The molecule has 18 heavy (non-hydrogen) atoms. The summed E-state index contributed by atoms with van der Waals surface area (Å²) in [6.45, 7) is 2.16. The summed E-state index contributed by atoms with van der Waals surface area (Å²) in [4.78, 5) is 0. The number of hydrogen-bond acceptors (Lipinski definition) is 2. The normalized spacial score (nSPS) is 19.9. The number of hydrogen-bond donors (Lipinski definition) is 2. The second kappa shape index (κ2) is 5.12. The van der Waals surface area contributed by atoms with Crippen LogP contribution < -0.4 is 5.32 Å². The van der Waals surface area contributed by atoms with Crippen LogP contribution in [-0.4, -0.2) is 23.3 Å². The minimum absolute atomic E-state index is 0.534. The lowest BCUT2D eigenvalue weighted by atomic mass is 9.91. The zero-order valence-electron chi connectivity index (χ0n) is 10.1. The zero-order valence-corrected chi connectivity index (χ0v) is 10.9. The monoisotopic (exact) mass is 261 g/mol. The highest BCUT2D eigenvalue weighted by molar-refractivity contribution is 6.30. The molecule has 94 valence electrons. The molecule has 0 spiro atoms. The molecule has 1 aliphatic rings. The number of nitrogens with one attached hydrogen (secondary N) is 2. The van der Waals surface area contributed by atoms with E-state index < -0.39 is 0 Å². The quantitative estimate of drug-likeness (QED) is 0.872. The van der Waals surface area contributed by atoms with Crippen LogP contribution >= 0.6 is 11.6 Å². The van der Waals surface area contributed by atoms with Crippen LogP contribution in [0.3, 0.4) is 0 Å². The molecular formula is C14H16ClN3. The average molecular weight is 262 g/mol. The molecule has 0 unspecified atom stereocenters. The van der Waals surface area contributed by atoms with Gasteiger partial charge in [-0.1, -0.05) is 23.7 Å². The summed E-state index contributed by atoms with van der Waals surface area (Å²) in [6, 6.07) is 7.94. The molecule has 2 aromatic rings. The standard InChI is InChI=1S/C14H16ClN3/c15-12-5-3-10(4-6-12)13-9-17-18-14(13)11-2-1-7-16-8-11/h3-6,9,11,16H,1-2,7-8H2,(H,17,18)/t11-/m1/s1. The molecule has 3 rings (SSSR count). The van der Waals surface area contributed by atoms with Gasteiger partial charge in [0.15, 0.2) is 0 Å². The van der Waals surface area contributed by atoms with E-state index in [0.717, 1.165) is 18.1 Å². The van der Waals surface area contributed by atoms with E-state index in [1.165, 1.54) is 29.7 Å². The van der Waals surface area contributed by atoms with Crippen LogP contribution in [0.15, 0.2) is 30.5 Å². The van der Waals surface area contributed by atoms with E-state index in [4.69, 9.17) is 11.6 Å². The van der Waals surface area contributed by atoms with Crippen molar-refractivity contribution >= 4 is 11.6 Å². The molecule has 1 aliphatic heterocycles. The fraction of sp³-hybridized carbons (Fsp3) is 0.357. The molecular weight excluding hydrogens is 246 g/mol. The Kier molecular flexibility index (Phi) is 3.35. The number of H-pyrrole nitrogens is 1. The third-order valence-corrected chi connectivity index (χ3v) is 3.78. The molecule has 1 aromatic heterocycles. The maximum Gasteiger partial charge on any atom is 0.0568 e. The number of aromatic amines is 1. The van der Waals surface area contributed by atoms with Gasteiger partial charge in [-0.3, -0.25) is 5.10 Å². The Morgan fingerprint density at radius 2 is 2.06 bits per heavy atom. The van der Waals surface area contributed by atoms with Crippen molar-refractivity contribution < 1.29 is 0 Å². The number of benzene rings is 1. The topological polar surface area (TPSA) is 40.7 Å². The highest BCUT2D eigenvalue weighted by Crippen LogP contribution is 2.31. The lowest BCUT2D eigenvalue weighted by molar-refractivity contribution is 0.455. The predicted molar refractivity (Wildman–Crippen MR) is 73.9 cm³/mol. The van der Waals surface area contributed by atoms with Crippen molar-refractivity contribution in [3.63, 3.8) is 0 Å². The molecule has 2 N–H and O–H groups in total. The fourth-order valence-corrected chi connectivity index (χ4v) is 2.69. The van der Waals surface area contributed by atoms with Crippen molar-refractivity contribution in [1.29, 1.82) is 0 Å². The van der Waals surface area contributed by atoms with Gasteiger partial charge in [0.25, 0.3) is 0 Å². The summed E-state index contributed by atoms with van der Waals surface area (Å²) in [5.74, 6) is 0.534. The van der Waals surface area contributed by atoms with Gasteiger partial charge in [0.05, 0.1) is 6.20 Å². The van der Waals surface area contributed by atoms with E-state index in [2.05, 4.69) is 15.5 Å². The van der Waals surface area contributed by atoms with Crippen molar-refractivity contribution in [3.05, 3.63) is 41.2 Å². The van der Waals surface area contributed by atoms with Crippen molar-refractivity contribution in [1.82, 2.24) is 15.5 Å². The molecule has 1 saturated heterocycles. The SMILES string of the molecule is Clc1ccc(-c2cn[nH]c2[C@@H]2CCCNC2)cc1. The molecule has 1 fully saturated rings. The molecule has 0 amide bonds. The largest absolute Gasteiger partial charge is 0.316 e. The first-order chi connectivity index (χ1) is 8.84. The summed E-state index contributed by atoms with van der Waals surface area (Å²) >= 11 is 5.93. The summed E-state index contributed by atoms with van der Waals surface area (Å²) in [5, 5.41) is 11.6. The Bertz CT molecular complexity index is 512. The molecule has 1 atom stereocenters. The number of aromatic nitrogens is 2. The van der Waals surface area contributed by atoms with Crippen molar-refractivity contribution in [2.24, 2.45) is 0 Å². The first-order valence-corrected chi connectivity index (χ1v) is 6.72. The molecule has 0 radical (unpaired) electrons.